The van der Waals surface area contributed by atoms with Crippen LogP contribution in [0.25, 0.3) is 97.0 Å². The molecule has 276 valence electrons. The highest BCUT2D eigenvalue weighted by molar-refractivity contribution is 6.00. The zero-order valence-electron chi connectivity index (χ0n) is 31.7. The average molecular weight is 747 g/mol. The molecular formula is C53H38N4O. The molecule has 2 aliphatic rings. The van der Waals surface area contributed by atoms with Gasteiger partial charge in [-0.15, -0.1) is 0 Å². The average Bonchev–Trinajstić information content (AvgIpc) is 4.13. The molecule has 0 unspecified atom stereocenters. The van der Waals surface area contributed by atoms with Gasteiger partial charge in [0.05, 0.1) is 22.8 Å². The third-order valence-electron chi connectivity index (χ3n) is 10.7. The van der Waals surface area contributed by atoms with Gasteiger partial charge >= 0.3 is 0 Å². The largest absolute Gasteiger partial charge is 0.488 e. The van der Waals surface area contributed by atoms with Crippen LogP contribution in [0.5, 0.6) is 5.75 Å². The van der Waals surface area contributed by atoms with Crippen LogP contribution in [0.2, 0.25) is 0 Å². The fourth-order valence-electron chi connectivity index (χ4n) is 7.92. The van der Waals surface area contributed by atoms with Crippen LogP contribution in [0.3, 0.4) is 0 Å². The first-order valence-corrected chi connectivity index (χ1v) is 19.5. The Balaban J connectivity index is 1.30. The van der Waals surface area contributed by atoms with Crippen LogP contribution in [-0.4, -0.2) is 19.9 Å². The van der Waals surface area contributed by atoms with Gasteiger partial charge in [0.1, 0.15) is 12.4 Å². The van der Waals surface area contributed by atoms with Crippen LogP contribution in [0.1, 0.15) is 33.9 Å². The molecule has 0 saturated heterocycles. The van der Waals surface area contributed by atoms with E-state index in [9.17, 15) is 0 Å². The number of nitrogens with one attached hydrogen (secondary N) is 2. The van der Waals surface area contributed by atoms with Crippen molar-refractivity contribution in [2.24, 2.45) is 0 Å². The van der Waals surface area contributed by atoms with Crippen molar-refractivity contribution in [3.05, 3.63) is 204 Å². The lowest BCUT2D eigenvalue weighted by Gasteiger charge is -2.13. The van der Waals surface area contributed by atoms with Gasteiger partial charge in [-0.25, -0.2) is 9.97 Å². The van der Waals surface area contributed by atoms with E-state index in [2.05, 4.69) is 174 Å². The molecule has 5 aromatic carbocycles. The van der Waals surface area contributed by atoms with Gasteiger partial charge in [0, 0.05) is 49.9 Å². The monoisotopic (exact) mass is 746 g/mol. The Hall–Kier alpha value is -7.76. The Morgan fingerprint density at radius 1 is 0.431 bits per heavy atom. The summed E-state index contributed by atoms with van der Waals surface area (Å²) in [4.78, 5) is 18.5. The molecule has 0 radical (unpaired) electrons. The molecule has 0 aliphatic carbocycles. The second-order valence-corrected chi connectivity index (χ2v) is 14.3. The summed E-state index contributed by atoms with van der Waals surface area (Å²) in [6.45, 7) is 4.31. The summed E-state index contributed by atoms with van der Waals surface area (Å²) in [6.07, 6.45) is 10.4. The van der Waals surface area contributed by atoms with E-state index in [1.807, 2.05) is 36.4 Å². The number of hydrogen-bond donors (Lipinski definition) is 2. The lowest BCUT2D eigenvalue weighted by molar-refractivity contribution is 0.307. The fourth-order valence-corrected chi connectivity index (χ4v) is 7.92. The van der Waals surface area contributed by atoms with Crippen LogP contribution in [0.4, 0.5) is 0 Å². The van der Waals surface area contributed by atoms with Gasteiger partial charge < -0.3 is 14.7 Å². The van der Waals surface area contributed by atoms with Crippen molar-refractivity contribution in [2.45, 2.75) is 6.61 Å². The van der Waals surface area contributed by atoms with Gasteiger partial charge in [-0.3, -0.25) is 0 Å². The van der Waals surface area contributed by atoms with Gasteiger partial charge in [0.15, 0.2) is 0 Å². The highest BCUT2D eigenvalue weighted by atomic mass is 16.5. The van der Waals surface area contributed by atoms with E-state index in [0.717, 1.165) is 106 Å². The third kappa shape index (κ3) is 6.55. The number of aromatic amines is 2. The van der Waals surface area contributed by atoms with E-state index < -0.39 is 0 Å². The van der Waals surface area contributed by atoms with Crippen molar-refractivity contribution in [1.82, 2.24) is 19.9 Å². The Morgan fingerprint density at radius 2 is 0.828 bits per heavy atom. The standard InChI is InChI=1S/C53H38N4O/c1-2-35-22-24-36(25-23-35)34-58-49-21-13-12-20-40(49)53-47-32-30-45(56-47)51(38-16-8-4-9-17-38)43-28-26-41(54-43)50(37-14-6-3-7-15-37)42-27-29-44(55-42)52(39-18-10-5-11-19-39)46-31-33-48(53)57-46/h2-33,54,57H,1,34H2. The summed E-state index contributed by atoms with van der Waals surface area (Å²) in [7, 11) is 0. The summed E-state index contributed by atoms with van der Waals surface area (Å²) >= 11 is 0. The topological polar surface area (TPSA) is 66.6 Å². The van der Waals surface area contributed by atoms with Gasteiger partial charge in [-0.05, 0) is 82.5 Å². The number of nitrogens with zero attached hydrogens (tertiary/aromatic N) is 2. The summed E-state index contributed by atoms with van der Waals surface area (Å²) in [5.41, 5.74) is 17.5. The number of benzene rings is 5. The summed E-state index contributed by atoms with van der Waals surface area (Å²) < 4.78 is 6.64. The summed E-state index contributed by atoms with van der Waals surface area (Å²) in [5, 5.41) is 0. The maximum atomic E-state index is 6.64. The zero-order valence-corrected chi connectivity index (χ0v) is 31.7. The predicted molar refractivity (Wildman–Crippen MR) is 241 cm³/mol. The van der Waals surface area contributed by atoms with Crippen LogP contribution in [-0.2, 0) is 6.61 Å². The molecule has 0 spiro atoms. The Kier molecular flexibility index (Phi) is 9.01. The van der Waals surface area contributed by atoms with Crippen LogP contribution >= 0.6 is 0 Å². The smallest absolute Gasteiger partial charge is 0.127 e. The van der Waals surface area contributed by atoms with E-state index in [1.165, 1.54) is 0 Å². The molecule has 3 aromatic heterocycles. The molecule has 58 heavy (non-hydrogen) atoms. The highest BCUT2D eigenvalue weighted by Crippen LogP contribution is 2.40. The number of hydrogen-bond acceptors (Lipinski definition) is 3. The van der Waals surface area contributed by atoms with Gasteiger partial charge in [0.2, 0.25) is 0 Å². The number of rotatable bonds is 8. The first kappa shape index (κ1) is 34.7. The molecule has 8 aromatic rings. The van der Waals surface area contributed by atoms with Crippen molar-refractivity contribution in [1.29, 1.82) is 0 Å². The normalized spacial score (nSPS) is 11.8. The van der Waals surface area contributed by atoms with Crippen molar-refractivity contribution < 1.29 is 4.74 Å². The molecular weight excluding hydrogens is 709 g/mol. The Labute approximate surface area is 337 Å². The lowest BCUT2D eigenvalue weighted by atomic mass is 10.0. The number of fused-ring (bicyclic) bond motifs is 8. The molecule has 2 aliphatic heterocycles. The minimum atomic E-state index is 0.414. The van der Waals surface area contributed by atoms with Crippen LogP contribution in [0.15, 0.2) is 170 Å². The molecule has 8 bridgehead atoms. The van der Waals surface area contributed by atoms with E-state index in [0.29, 0.717) is 6.61 Å². The Morgan fingerprint density at radius 3 is 1.28 bits per heavy atom. The maximum absolute atomic E-state index is 6.64. The van der Waals surface area contributed by atoms with E-state index in [-0.39, 0.29) is 0 Å². The van der Waals surface area contributed by atoms with Crippen molar-refractivity contribution in [3.8, 4) is 50.3 Å². The van der Waals surface area contributed by atoms with Gasteiger partial charge in [-0.1, -0.05) is 146 Å². The SMILES string of the molecule is C=Cc1ccc(COc2ccccc2-c2c3nc(c(-c4ccccc4)c4ccc([nH]4)c(-c4ccccc4)c4nc(c(-c5ccccc5)c5ccc2[nH]5)C=C4)C=C3)cc1. The molecule has 5 nitrogen and oxygen atoms in total. The summed E-state index contributed by atoms with van der Waals surface area (Å²) in [6, 6.07) is 56.6. The Bertz CT molecular complexity index is 3010. The van der Waals surface area contributed by atoms with E-state index in [4.69, 9.17) is 14.7 Å². The molecule has 0 saturated carbocycles. The fraction of sp³-hybridized carbons (Fsp3) is 0.0189. The van der Waals surface area contributed by atoms with Crippen molar-refractivity contribution in [2.75, 3.05) is 0 Å². The highest BCUT2D eigenvalue weighted by Gasteiger charge is 2.20. The molecule has 2 N–H and O–H groups in total. The first-order valence-electron chi connectivity index (χ1n) is 19.5. The predicted octanol–water partition coefficient (Wildman–Crippen LogP) is 13.5. The molecule has 10 rings (SSSR count). The number of ether oxygens (including phenoxy) is 1. The second-order valence-electron chi connectivity index (χ2n) is 14.3. The molecule has 5 heterocycles. The number of para-hydroxylation sites is 1. The minimum absolute atomic E-state index is 0.414. The van der Waals surface area contributed by atoms with Crippen molar-refractivity contribution in [3.63, 3.8) is 0 Å². The molecule has 0 atom stereocenters. The maximum Gasteiger partial charge on any atom is 0.127 e. The molecule has 5 heteroatoms. The van der Waals surface area contributed by atoms with E-state index >= 15 is 0 Å². The first-order chi connectivity index (χ1) is 28.7. The lowest BCUT2D eigenvalue weighted by Crippen LogP contribution is -1.98. The second kappa shape index (κ2) is 15.1. The van der Waals surface area contributed by atoms with Crippen LogP contribution < -0.4 is 4.74 Å². The summed E-state index contributed by atoms with van der Waals surface area (Å²) in [5.74, 6) is 0.764. The third-order valence-corrected chi connectivity index (χ3v) is 10.7. The van der Waals surface area contributed by atoms with Crippen molar-refractivity contribution >= 4 is 52.4 Å². The number of H-pyrrole nitrogens is 2. The minimum Gasteiger partial charge on any atom is -0.488 e. The molecule has 0 fully saturated rings. The van der Waals surface area contributed by atoms with Crippen LogP contribution in [0, 0.1) is 0 Å². The van der Waals surface area contributed by atoms with E-state index in [1.54, 1.807) is 0 Å². The molecule has 0 amide bonds. The zero-order chi connectivity index (χ0) is 38.8. The van der Waals surface area contributed by atoms with Gasteiger partial charge in [-0.2, -0.15) is 0 Å². The van der Waals surface area contributed by atoms with Gasteiger partial charge in [0.25, 0.3) is 0 Å². The quantitative estimate of drug-likeness (QED) is 0.163. The number of aromatic nitrogens is 4.